The fourth-order valence-electron chi connectivity index (χ4n) is 1.66. The Balaban J connectivity index is 1.76. The first-order chi connectivity index (χ1) is 8.56. The van der Waals surface area contributed by atoms with Crippen LogP contribution in [0.1, 0.15) is 45.3 Å². The molecule has 1 unspecified atom stereocenters. The molecule has 1 aliphatic carbocycles. The van der Waals surface area contributed by atoms with Crippen molar-refractivity contribution >= 4 is 5.91 Å². The van der Waals surface area contributed by atoms with E-state index < -0.39 is 0 Å². The van der Waals surface area contributed by atoms with Crippen LogP contribution < -0.4 is 10.6 Å². The van der Waals surface area contributed by atoms with Crippen molar-refractivity contribution in [1.82, 2.24) is 20.4 Å². The number of aromatic nitrogens is 2. The van der Waals surface area contributed by atoms with Gasteiger partial charge in [0.25, 0.3) is 0 Å². The molecule has 1 amide bonds. The molecular weight excluding hydrogens is 228 g/mol. The maximum absolute atomic E-state index is 11.7. The van der Waals surface area contributed by atoms with Crippen molar-refractivity contribution in [3.8, 4) is 0 Å². The van der Waals surface area contributed by atoms with Crippen LogP contribution in [0.2, 0.25) is 0 Å². The quantitative estimate of drug-likeness (QED) is 0.798. The van der Waals surface area contributed by atoms with E-state index in [1.54, 1.807) is 0 Å². The van der Waals surface area contributed by atoms with Gasteiger partial charge in [-0.05, 0) is 39.7 Å². The minimum Gasteiger partial charge on any atom is -0.352 e. The van der Waals surface area contributed by atoms with Crippen LogP contribution >= 0.6 is 0 Å². The van der Waals surface area contributed by atoms with Gasteiger partial charge in [-0.15, -0.1) is 0 Å². The molecule has 100 valence electrons. The number of carbonyl (C=O) groups is 1. The Labute approximate surface area is 108 Å². The van der Waals surface area contributed by atoms with Gasteiger partial charge in [-0.3, -0.25) is 9.48 Å². The molecule has 1 aliphatic rings. The van der Waals surface area contributed by atoms with Gasteiger partial charge in [-0.2, -0.15) is 5.10 Å². The summed E-state index contributed by atoms with van der Waals surface area (Å²) in [6, 6.07) is 2.60. The minimum absolute atomic E-state index is 0.0841. The maximum atomic E-state index is 11.7. The van der Waals surface area contributed by atoms with Crippen LogP contribution in [0.15, 0.2) is 12.3 Å². The minimum atomic E-state index is -0.171. The van der Waals surface area contributed by atoms with Crippen molar-refractivity contribution < 1.29 is 4.79 Å². The zero-order valence-corrected chi connectivity index (χ0v) is 11.3. The van der Waals surface area contributed by atoms with Crippen LogP contribution in [0.25, 0.3) is 0 Å². The first-order valence-corrected chi connectivity index (χ1v) is 6.64. The molecule has 1 aromatic heterocycles. The van der Waals surface area contributed by atoms with Crippen LogP contribution in [0, 0.1) is 0 Å². The third-order valence-electron chi connectivity index (χ3n) is 3.10. The second-order valence-corrected chi connectivity index (χ2v) is 5.27. The highest BCUT2D eigenvalue weighted by molar-refractivity contribution is 5.81. The van der Waals surface area contributed by atoms with E-state index in [1.165, 1.54) is 0 Å². The van der Waals surface area contributed by atoms with E-state index in [-0.39, 0.29) is 11.9 Å². The monoisotopic (exact) mass is 250 g/mol. The Bertz CT molecular complexity index is 409. The van der Waals surface area contributed by atoms with Crippen molar-refractivity contribution in [2.45, 2.75) is 58.3 Å². The number of carbonyl (C=O) groups excluding carboxylic acids is 1. The lowest BCUT2D eigenvalue weighted by Crippen LogP contribution is -2.42. The lowest BCUT2D eigenvalue weighted by Gasteiger charge is -2.12. The summed E-state index contributed by atoms with van der Waals surface area (Å²) in [7, 11) is 0. The number of hydrogen-bond acceptors (Lipinski definition) is 3. The van der Waals surface area contributed by atoms with Gasteiger partial charge in [0.15, 0.2) is 0 Å². The van der Waals surface area contributed by atoms with Crippen molar-refractivity contribution in [2.75, 3.05) is 0 Å². The molecule has 0 spiro atoms. The van der Waals surface area contributed by atoms with Gasteiger partial charge in [0, 0.05) is 24.8 Å². The molecule has 5 heteroatoms. The average Bonchev–Trinajstić information content (AvgIpc) is 3.00. The van der Waals surface area contributed by atoms with E-state index in [0.29, 0.717) is 18.6 Å². The third-order valence-corrected chi connectivity index (χ3v) is 3.10. The van der Waals surface area contributed by atoms with E-state index in [4.69, 9.17) is 0 Å². The van der Waals surface area contributed by atoms with E-state index in [9.17, 15) is 4.79 Å². The summed E-state index contributed by atoms with van der Waals surface area (Å²) in [4.78, 5) is 11.7. The van der Waals surface area contributed by atoms with Crippen LogP contribution in [-0.2, 0) is 11.3 Å². The van der Waals surface area contributed by atoms with Crippen molar-refractivity contribution in [3.63, 3.8) is 0 Å². The summed E-state index contributed by atoms with van der Waals surface area (Å²) in [6.45, 7) is 6.70. The van der Waals surface area contributed by atoms with Crippen molar-refractivity contribution in [1.29, 1.82) is 0 Å². The SMILES string of the molecule is CC(NCc1ccn(C(C)C)n1)C(=O)NC1CC1. The average molecular weight is 250 g/mol. The molecule has 1 heterocycles. The molecule has 0 aliphatic heterocycles. The lowest BCUT2D eigenvalue weighted by molar-refractivity contribution is -0.122. The number of nitrogens with one attached hydrogen (secondary N) is 2. The predicted octanol–water partition coefficient (Wildman–Crippen LogP) is 1.22. The van der Waals surface area contributed by atoms with E-state index in [1.807, 2.05) is 23.9 Å². The van der Waals surface area contributed by atoms with Gasteiger partial charge < -0.3 is 10.6 Å². The fraction of sp³-hybridized carbons (Fsp3) is 0.692. The Morgan fingerprint density at radius 2 is 2.22 bits per heavy atom. The smallest absolute Gasteiger partial charge is 0.237 e. The van der Waals surface area contributed by atoms with Crippen molar-refractivity contribution in [2.24, 2.45) is 0 Å². The molecule has 1 atom stereocenters. The van der Waals surface area contributed by atoms with E-state index in [2.05, 4.69) is 29.6 Å². The molecule has 1 saturated carbocycles. The van der Waals surface area contributed by atoms with Gasteiger partial charge in [-0.25, -0.2) is 0 Å². The number of hydrogen-bond donors (Lipinski definition) is 2. The third kappa shape index (κ3) is 3.57. The molecule has 2 rings (SSSR count). The van der Waals surface area contributed by atoms with Crippen molar-refractivity contribution in [3.05, 3.63) is 18.0 Å². The number of nitrogens with zero attached hydrogens (tertiary/aromatic N) is 2. The highest BCUT2D eigenvalue weighted by Crippen LogP contribution is 2.18. The zero-order valence-electron chi connectivity index (χ0n) is 11.3. The molecule has 2 N–H and O–H groups in total. The molecule has 0 bridgehead atoms. The predicted molar refractivity (Wildman–Crippen MR) is 70.1 cm³/mol. The molecule has 1 aromatic rings. The number of rotatable bonds is 6. The Morgan fingerprint density at radius 1 is 1.50 bits per heavy atom. The molecular formula is C13H22N4O. The summed E-state index contributed by atoms with van der Waals surface area (Å²) in [6.07, 6.45) is 4.21. The van der Waals surface area contributed by atoms with Crippen LogP contribution in [0.3, 0.4) is 0 Å². The first-order valence-electron chi connectivity index (χ1n) is 6.64. The normalized spacial score (nSPS) is 16.9. The molecule has 18 heavy (non-hydrogen) atoms. The topological polar surface area (TPSA) is 59.0 Å². The molecule has 0 aromatic carbocycles. The molecule has 5 nitrogen and oxygen atoms in total. The Kier molecular flexibility index (Phi) is 4.01. The van der Waals surface area contributed by atoms with Crippen LogP contribution in [0.5, 0.6) is 0 Å². The summed E-state index contributed by atoms with van der Waals surface area (Å²) < 4.78 is 1.92. The van der Waals surface area contributed by atoms with Gasteiger partial charge >= 0.3 is 0 Å². The summed E-state index contributed by atoms with van der Waals surface area (Å²) in [5, 5.41) is 10.6. The highest BCUT2D eigenvalue weighted by Gasteiger charge is 2.25. The zero-order chi connectivity index (χ0) is 13.1. The highest BCUT2D eigenvalue weighted by atomic mass is 16.2. The lowest BCUT2D eigenvalue weighted by atomic mass is 10.3. The van der Waals surface area contributed by atoms with Gasteiger partial charge in [-0.1, -0.05) is 0 Å². The fourth-order valence-corrected chi connectivity index (χ4v) is 1.66. The molecule has 1 fully saturated rings. The first kappa shape index (κ1) is 13.1. The maximum Gasteiger partial charge on any atom is 0.237 e. The Hall–Kier alpha value is -1.36. The summed E-state index contributed by atoms with van der Waals surface area (Å²) >= 11 is 0. The van der Waals surface area contributed by atoms with E-state index >= 15 is 0 Å². The summed E-state index contributed by atoms with van der Waals surface area (Å²) in [5.41, 5.74) is 0.967. The Morgan fingerprint density at radius 3 is 2.78 bits per heavy atom. The molecule has 0 radical (unpaired) electrons. The number of amides is 1. The van der Waals surface area contributed by atoms with Gasteiger partial charge in [0.1, 0.15) is 0 Å². The van der Waals surface area contributed by atoms with Crippen LogP contribution in [0.4, 0.5) is 0 Å². The summed E-state index contributed by atoms with van der Waals surface area (Å²) in [5.74, 6) is 0.0841. The molecule has 0 saturated heterocycles. The standard InChI is InChI=1S/C13H22N4O/c1-9(2)17-7-6-12(16-17)8-14-10(3)13(18)15-11-4-5-11/h6-7,9-11,14H,4-5,8H2,1-3H3,(H,15,18). The van der Waals surface area contributed by atoms with Gasteiger partial charge in [0.05, 0.1) is 11.7 Å². The largest absolute Gasteiger partial charge is 0.352 e. The second-order valence-electron chi connectivity index (χ2n) is 5.27. The van der Waals surface area contributed by atoms with Crippen LogP contribution in [-0.4, -0.2) is 27.8 Å². The van der Waals surface area contributed by atoms with Gasteiger partial charge in [0.2, 0.25) is 5.91 Å². The second kappa shape index (κ2) is 5.52. The van der Waals surface area contributed by atoms with E-state index in [0.717, 1.165) is 18.5 Å².